The van der Waals surface area contributed by atoms with E-state index in [1.807, 2.05) is 6.07 Å². The quantitative estimate of drug-likeness (QED) is 0.621. The number of nitro benzene ring substituents is 1. The molecule has 0 aromatic heterocycles. The van der Waals surface area contributed by atoms with Crippen molar-refractivity contribution in [3.05, 3.63) is 33.9 Å². The summed E-state index contributed by atoms with van der Waals surface area (Å²) < 4.78 is 0. The maximum absolute atomic E-state index is 10.9. The molecule has 0 bridgehead atoms. The van der Waals surface area contributed by atoms with Gasteiger partial charge in [-0.25, -0.2) is 0 Å². The Kier molecular flexibility index (Phi) is 3.02. The first-order chi connectivity index (χ1) is 8.00. The van der Waals surface area contributed by atoms with Crippen molar-refractivity contribution in [1.29, 1.82) is 0 Å². The summed E-state index contributed by atoms with van der Waals surface area (Å²) in [6, 6.07) is 5.29. The van der Waals surface area contributed by atoms with E-state index >= 15 is 0 Å². The van der Waals surface area contributed by atoms with Crippen LogP contribution in [0.1, 0.15) is 18.9 Å². The Morgan fingerprint density at radius 1 is 1.53 bits per heavy atom. The van der Waals surface area contributed by atoms with Gasteiger partial charge in [-0.3, -0.25) is 10.1 Å². The fourth-order valence-electron chi connectivity index (χ4n) is 2.16. The van der Waals surface area contributed by atoms with Crippen LogP contribution in [0.15, 0.2) is 18.2 Å². The second kappa shape index (κ2) is 4.33. The maximum atomic E-state index is 10.9. The third-order valence-electron chi connectivity index (χ3n) is 3.22. The van der Waals surface area contributed by atoms with Gasteiger partial charge in [0, 0.05) is 29.4 Å². The molecule has 5 heteroatoms. The minimum atomic E-state index is -0.338. The fraction of sp³-hybridized carbons (Fsp3) is 0.500. The molecule has 1 fully saturated rings. The molecule has 17 heavy (non-hydrogen) atoms. The van der Waals surface area contributed by atoms with Gasteiger partial charge in [-0.1, -0.05) is 6.07 Å². The first kappa shape index (κ1) is 11.9. The lowest BCUT2D eigenvalue weighted by molar-refractivity contribution is -0.385. The molecule has 5 nitrogen and oxygen atoms in total. The lowest BCUT2D eigenvalue weighted by Crippen LogP contribution is -2.36. The van der Waals surface area contributed by atoms with Gasteiger partial charge in [-0.05, 0) is 32.9 Å². The highest BCUT2D eigenvalue weighted by atomic mass is 16.6. The Morgan fingerprint density at radius 2 is 2.29 bits per heavy atom. The highest BCUT2D eigenvalue weighted by molar-refractivity contribution is 5.56. The summed E-state index contributed by atoms with van der Waals surface area (Å²) in [4.78, 5) is 10.5. The highest BCUT2D eigenvalue weighted by Crippen LogP contribution is 2.26. The molecule has 2 rings (SSSR count). The molecule has 1 aromatic carbocycles. The Hall–Kier alpha value is -1.62. The number of nitrogens with zero attached hydrogens (tertiary/aromatic N) is 1. The lowest BCUT2D eigenvalue weighted by Gasteiger charge is -2.25. The lowest BCUT2D eigenvalue weighted by atomic mass is 10.0. The monoisotopic (exact) mass is 235 g/mol. The van der Waals surface area contributed by atoms with Gasteiger partial charge in [0.25, 0.3) is 5.69 Å². The molecule has 0 spiro atoms. The van der Waals surface area contributed by atoms with Crippen molar-refractivity contribution in [2.45, 2.75) is 25.8 Å². The van der Waals surface area contributed by atoms with Crippen LogP contribution < -0.4 is 10.6 Å². The minimum Gasteiger partial charge on any atom is -0.378 e. The number of nitrogens with one attached hydrogen (secondary N) is 2. The summed E-state index contributed by atoms with van der Waals surface area (Å²) >= 11 is 0. The molecule has 1 unspecified atom stereocenters. The van der Waals surface area contributed by atoms with Crippen molar-refractivity contribution in [2.24, 2.45) is 0 Å². The summed E-state index contributed by atoms with van der Waals surface area (Å²) in [6.45, 7) is 5.74. The summed E-state index contributed by atoms with van der Waals surface area (Å²) in [5, 5.41) is 17.5. The highest BCUT2D eigenvalue weighted by Gasteiger charge is 2.28. The molecular formula is C12H17N3O2. The Bertz CT molecular complexity index is 439. The van der Waals surface area contributed by atoms with Gasteiger partial charge in [-0.15, -0.1) is 0 Å². The van der Waals surface area contributed by atoms with E-state index in [0.29, 0.717) is 5.56 Å². The zero-order valence-corrected chi connectivity index (χ0v) is 10.1. The average molecular weight is 235 g/mol. The van der Waals surface area contributed by atoms with Crippen molar-refractivity contribution in [3.63, 3.8) is 0 Å². The second-order valence-electron chi connectivity index (χ2n) is 4.87. The zero-order chi connectivity index (χ0) is 12.5. The Morgan fingerprint density at radius 3 is 2.88 bits per heavy atom. The summed E-state index contributed by atoms with van der Waals surface area (Å²) in [5.41, 5.74) is 1.66. The van der Waals surface area contributed by atoms with Gasteiger partial charge in [0.1, 0.15) is 0 Å². The van der Waals surface area contributed by atoms with E-state index in [1.54, 1.807) is 19.1 Å². The van der Waals surface area contributed by atoms with Gasteiger partial charge >= 0.3 is 0 Å². The molecule has 0 aliphatic carbocycles. The summed E-state index contributed by atoms with van der Waals surface area (Å²) in [7, 11) is 0. The number of anilines is 1. The third kappa shape index (κ3) is 2.55. The minimum absolute atomic E-state index is 0.0108. The second-order valence-corrected chi connectivity index (χ2v) is 4.87. The normalized spacial score (nSPS) is 23.6. The van der Waals surface area contributed by atoms with Gasteiger partial charge in [0.2, 0.25) is 0 Å². The molecule has 0 amide bonds. The number of aryl methyl sites for hydroxylation is 1. The fourth-order valence-corrected chi connectivity index (χ4v) is 2.16. The molecule has 1 aliphatic heterocycles. The topological polar surface area (TPSA) is 67.2 Å². The van der Waals surface area contributed by atoms with Crippen molar-refractivity contribution in [2.75, 3.05) is 18.4 Å². The SMILES string of the molecule is Cc1ccc(NC2(C)CCNC2)cc1[N+](=O)[O-]. The van der Waals surface area contributed by atoms with Crippen LogP contribution in [0.5, 0.6) is 0 Å². The molecule has 0 saturated carbocycles. The van der Waals surface area contributed by atoms with E-state index in [-0.39, 0.29) is 16.1 Å². The summed E-state index contributed by atoms with van der Waals surface area (Å²) in [6.07, 6.45) is 1.02. The van der Waals surface area contributed by atoms with Gasteiger partial charge in [0.05, 0.1) is 4.92 Å². The number of rotatable bonds is 3. The predicted octanol–water partition coefficient (Wildman–Crippen LogP) is 2.07. The number of nitro groups is 1. The van der Waals surface area contributed by atoms with Crippen LogP contribution in [0.3, 0.4) is 0 Å². The summed E-state index contributed by atoms with van der Waals surface area (Å²) in [5.74, 6) is 0. The molecule has 1 saturated heterocycles. The predicted molar refractivity (Wildman–Crippen MR) is 67.3 cm³/mol. The molecule has 92 valence electrons. The van der Waals surface area contributed by atoms with E-state index in [2.05, 4.69) is 17.6 Å². The van der Waals surface area contributed by atoms with Crippen LogP contribution in [0.4, 0.5) is 11.4 Å². The van der Waals surface area contributed by atoms with Crippen LogP contribution in [-0.2, 0) is 0 Å². The van der Waals surface area contributed by atoms with E-state index in [1.165, 1.54) is 0 Å². The first-order valence-electron chi connectivity index (χ1n) is 5.74. The molecule has 2 N–H and O–H groups in total. The van der Waals surface area contributed by atoms with Crippen LogP contribution in [-0.4, -0.2) is 23.6 Å². The van der Waals surface area contributed by atoms with E-state index in [4.69, 9.17) is 0 Å². The third-order valence-corrected chi connectivity index (χ3v) is 3.22. The first-order valence-corrected chi connectivity index (χ1v) is 5.74. The van der Waals surface area contributed by atoms with Crippen molar-refractivity contribution < 1.29 is 4.92 Å². The van der Waals surface area contributed by atoms with Gasteiger partial charge < -0.3 is 10.6 Å². The zero-order valence-electron chi connectivity index (χ0n) is 10.1. The number of hydrogen-bond donors (Lipinski definition) is 2. The molecule has 1 aromatic rings. The standard InChI is InChI=1S/C12H17N3O2/c1-9-3-4-10(7-11(9)15(16)17)14-12(2)5-6-13-8-12/h3-4,7,13-14H,5-6,8H2,1-2H3. The molecule has 1 aliphatic rings. The van der Waals surface area contributed by atoms with Gasteiger partial charge in [-0.2, -0.15) is 0 Å². The van der Waals surface area contributed by atoms with Crippen molar-refractivity contribution >= 4 is 11.4 Å². The van der Waals surface area contributed by atoms with E-state index in [0.717, 1.165) is 25.2 Å². The molecule has 1 atom stereocenters. The van der Waals surface area contributed by atoms with Crippen molar-refractivity contribution in [1.82, 2.24) is 5.32 Å². The van der Waals surface area contributed by atoms with Gasteiger partial charge in [0.15, 0.2) is 0 Å². The van der Waals surface area contributed by atoms with E-state index in [9.17, 15) is 10.1 Å². The largest absolute Gasteiger partial charge is 0.378 e. The molecule has 0 radical (unpaired) electrons. The van der Waals surface area contributed by atoms with E-state index < -0.39 is 0 Å². The Balaban J connectivity index is 2.22. The number of benzene rings is 1. The molecular weight excluding hydrogens is 218 g/mol. The molecule has 1 heterocycles. The van der Waals surface area contributed by atoms with Crippen LogP contribution in [0.2, 0.25) is 0 Å². The van der Waals surface area contributed by atoms with Crippen LogP contribution in [0, 0.1) is 17.0 Å². The average Bonchev–Trinajstić information content (AvgIpc) is 2.67. The Labute approximate surface area is 100 Å². The van der Waals surface area contributed by atoms with Crippen LogP contribution in [0.25, 0.3) is 0 Å². The number of hydrogen-bond acceptors (Lipinski definition) is 4. The maximum Gasteiger partial charge on any atom is 0.274 e. The smallest absolute Gasteiger partial charge is 0.274 e. The van der Waals surface area contributed by atoms with Crippen LogP contribution >= 0.6 is 0 Å². The van der Waals surface area contributed by atoms with Crippen molar-refractivity contribution in [3.8, 4) is 0 Å².